The Balaban J connectivity index is 1.49. The highest BCUT2D eigenvalue weighted by atomic mass is 32.1. The minimum Gasteiger partial charge on any atom is -0.481 e. The van der Waals surface area contributed by atoms with Crippen molar-refractivity contribution >= 4 is 33.2 Å². The second-order valence-corrected chi connectivity index (χ2v) is 9.73. The van der Waals surface area contributed by atoms with E-state index in [1.165, 1.54) is 11.3 Å². The average molecular weight is 449 g/mol. The molecule has 0 saturated heterocycles. The summed E-state index contributed by atoms with van der Waals surface area (Å²) in [4.78, 5) is 23.8. The first-order chi connectivity index (χ1) is 14.9. The van der Waals surface area contributed by atoms with Gasteiger partial charge in [0.25, 0.3) is 0 Å². The van der Waals surface area contributed by atoms with Gasteiger partial charge in [0.1, 0.15) is 6.10 Å². The number of benzene rings is 1. The number of thiophene rings is 1. The van der Waals surface area contributed by atoms with Crippen LogP contribution in [0.5, 0.6) is 0 Å². The van der Waals surface area contributed by atoms with Crippen LogP contribution in [0.2, 0.25) is 0 Å². The van der Waals surface area contributed by atoms with Gasteiger partial charge in [-0.05, 0) is 61.5 Å². The molecular formula is C24H32O6S. The topological polar surface area (TPSA) is 115 Å². The number of aliphatic carboxylic acids is 1. The second kappa shape index (κ2) is 11.2. The van der Waals surface area contributed by atoms with Crippen LogP contribution in [0.25, 0.3) is 10.1 Å². The molecule has 0 aliphatic heterocycles. The summed E-state index contributed by atoms with van der Waals surface area (Å²) in [5.74, 6) is -1.26. The number of carbonyl (C=O) groups excluding carboxylic acids is 1. The normalized spacial score (nSPS) is 24.5. The van der Waals surface area contributed by atoms with E-state index in [-0.39, 0.29) is 30.5 Å². The minimum absolute atomic E-state index is 0.0545. The van der Waals surface area contributed by atoms with Crippen LogP contribution in [-0.2, 0) is 4.79 Å². The van der Waals surface area contributed by atoms with Gasteiger partial charge in [-0.2, -0.15) is 0 Å². The number of fused-ring (bicyclic) bond motifs is 1. The number of ketones is 1. The van der Waals surface area contributed by atoms with Crippen molar-refractivity contribution in [3.63, 3.8) is 0 Å². The van der Waals surface area contributed by atoms with Crippen molar-refractivity contribution < 1.29 is 30.0 Å². The summed E-state index contributed by atoms with van der Waals surface area (Å²) in [6.45, 7) is 0. The van der Waals surface area contributed by atoms with E-state index in [0.29, 0.717) is 24.1 Å². The Labute approximate surface area is 186 Å². The van der Waals surface area contributed by atoms with Crippen LogP contribution < -0.4 is 0 Å². The molecule has 0 bridgehead atoms. The van der Waals surface area contributed by atoms with Gasteiger partial charge in [0.15, 0.2) is 0 Å². The minimum atomic E-state index is -1.12. The fourth-order valence-electron chi connectivity index (χ4n) is 4.74. The molecule has 4 unspecified atom stereocenters. The summed E-state index contributed by atoms with van der Waals surface area (Å²) in [7, 11) is 0. The summed E-state index contributed by atoms with van der Waals surface area (Å²) in [6, 6.07) is 9.54. The Morgan fingerprint density at radius 1 is 1.00 bits per heavy atom. The van der Waals surface area contributed by atoms with Gasteiger partial charge in [-0.1, -0.05) is 37.5 Å². The van der Waals surface area contributed by atoms with Crippen LogP contribution in [0, 0.1) is 11.8 Å². The summed E-state index contributed by atoms with van der Waals surface area (Å²) < 4.78 is 1.01. The highest BCUT2D eigenvalue weighted by Gasteiger charge is 2.41. The van der Waals surface area contributed by atoms with Crippen molar-refractivity contribution in [2.75, 3.05) is 0 Å². The van der Waals surface area contributed by atoms with Crippen molar-refractivity contribution in [1.29, 1.82) is 0 Å². The van der Waals surface area contributed by atoms with Gasteiger partial charge in [-0.25, -0.2) is 0 Å². The molecule has 2 aromatic rings. The molecule has 170 valence electrons. The molecule has 31 heavy (non-hydrogen) atoms. The molecule has 7 heteroatoms. The Morgan fingerprint density at radius 3 is 2.39 bits per heavy atom. The standard InChI is InChI=1S/C24H32O6S/c25-18(24(30)22-13-15-7-5-6-9-21(15)31-22)12-11-17-16(19(26)14-20(17)27)8-3-1-2-4-10-23(28)29/h5-7,9,13,16-20,25-27H,1-4,8,10-12,14H2,(H,28,29)/t16?,17?,18?,19-,20?/m0/s1. The Bertz CT molecular complexity index is 845. The third kappa shape index (κ3) is 6.35. The third-order valence-electron chi connectivity index (χ3n) is 6.44. The van der Waals surface area contributed by atoms with E-state index in [4.69, 9.17) is 5.11 Å². The lowest BCUT2D eigenvalue weighted by Crippen LogP contribution is -2.26. The van der Waals surface area contributed by atoms with Crippen molar-refractivity contribution in [1.82, 2.24) is 0 Å². The van der Waals surface area contributed by atoms with Crippen LogP contribution in [0.3, 0.4) is 0 Å². The van der Waals surface area contributed by atoms with Crippen LogP contribution in [-0.4, -0.2) is 50.5 Å². The third-order valence-corrected chi connectivity index (χ3v) is 7.57. The molecule has 3 rings (SSSR count). The van der Waals surface area contributed by atoms with E-state index in [1.807, 2.05) is 30.3 Å². The molecule has 1 fully saturated rings. The Hall–Kier alpha value is -1.80. The lowest BCUT2D eigenvalue weighted by atomic mass is 9.84. The molecule has 0 spiro atoms. The average Bonchev–Trinajstić information content (AvgIpc) is 3.28. The highest BCUT2D eigenvalue weighted by Crippen LogP contribution is 2.39. The number of unbranched alkanes of at least 4 members (excludes halogenated alkanes) is 3. The van der Waals surface area contributed by atoms with Gasteiger partial charge in [0, 0.05) is 11.1 Å². The largest absolute Gasteiger partial charge is 0.481 e. The molecule has 1 aromatic carbocycles. The van der Waals surface area contributed by atoms with Gasteiger partial charge in [0.2, 0.25) is 5.78 Å². The Kier molecular flexibility index (Phi) is 8.60. The SMILES string of the molecule is O=C(O)CCCCCCC1C(CCC(O)C(=O)c2cc3ccccc3s2)C(O)C[C@@H]1O. The summed E-state index contributed by atoms with van der Waals surface area (Å²) >= 11 is 1.38. The predicted octanol–water partition coefficient (Wildman–Crippen LogP) is 4.01. The predicted molar refractivity (Wildman–Crippen MR) is 120 cm³/mol. The van der Waals surface area contributed by atoms with E-state index in [0.717, 1.165) is 35.8 Å². The number of aliphatic hydroxyl groups is 3. The van der Waals surface area contributed by atoms with Crippen molar-refractivity contribution in [2.45, 2.75) is 76.1 Å². The molecule has 1 aromatic heterocycles. The first-order valence-corrected chi connectivity index (χ1v) is 12.0. The van der Waals surface area contributed by atoms with Gasteiger partial charge in [-0.3, -0.25) is 9.59 Å². The van der Waals surface area contributed by atoms with Crippen molar-refractivity contribution in [3.05, 3.63) is 35.2 Å². The van der Waals surface area contributed by atoms with Crippen LogP contribution >= 0.6 is 11.3 Å². The molecule has 6 nitrogen and oxygen atoms in total. The highest BCUT2D eigenvalue weighted by molar-refractivity contribution is 7.20. The number of carboxylic acids is 1. The van der Waals surface area contributed by atoms with E-state index in [2.05, 4.69) is 0 Å². The number of Topliss-reactive ketones (excluding diaryl/α,β-unsaturated/α-hetero) is 1. The number of carboxylic acid groups (broad SMARTS) is 1. The molecule has 0 radical (unpaired) electrons. The zero-order valence-corrected chi connectivity index (χ0v) is 18.5. The van der Waals surface area contributed by atoms with Crippen molar-refractivity contribution in [3.8, 4) is 0 Å². The lowest BCUT2D eigenvalue weighted by Gasteiger charge is -2.24. The van der Waals surface area contributed by atoms with E-state index in [1.54, 1.807) is 0 Å². The second-order valence-electron chi connectivity index (χ2n) is 8.65. The maximum absolute atomic E-state index is 12.7. The fourth-order valence-corrected chi connectivity index (χ4v) is 5.79. The smallest absolute Gasteiger partial charge is 0.303 e. The van der Waals surface area contributed by atoms with E-state index in [9.17, 15) is 24.9 Å². The first-order valence-electron chi connectivity index (χ1n) is 11.2. The maximum Gasteiger partial charge on any atom is 0.303 e. The van der Waals surface area contributed by atoms with Crippen LogP contribution in [0.4, 0.5) is 0 Å². The van der Waals surface area contributed by atoms with Gasteiger partial charge in [-0.15, -0.1) is 11.3 Å². The summed E-state index contributed by atoms with van der Waals surface area (Å²) in [6.07, 6.45) is 2.95. The molecule has 1 aliphatic carbocycles. The molecule has 5 atom stereocenters. The van der Waals surface area contributed by atoms with E-state index < -0.39 is 24.3 Å². The Morgan fingerprint density at radius 2 is 1.68 bits per heavy atom. The number of rotatable bonds is 12. The molecule has 1 aliphatic rings. The van der Waals surface area contributed by atoms with E-state index >= 15 is 0 Å². The van der Waals surface area contributed by atoms with Gasteiger partial charge >= 0.3 is 5.97 Å². The van der Waals surface area contributed by atoms with Crippen LogP contribution in [0.15, 0.2) is 30.3 Å². The monoisotopic (exact) mass is 448 g/mol. The zero-order valence-electron chi connectivity index (χ0n) is 17.7. The fraction of sp³-hybridized carbons (Fsp3) is 0.583. The summed E-state index contributed by atoms with van der Waals surface area (Å²) in [5.41, 5.74) is 0. The molecule has 1 saturated carbocycles. The van der Waals surface area contributed by atoms with Gasteiger partial charge in [0.05, 0.1) is 17.1 Å². The number of hydrogen-bond acceptors (Lipinski definition) is 6. The molecule has 0 amide bonds. The maximum atomic E-state index is 12.7. The number of carbonyl (C=O) groups is 2. The van der Waals surface area contributed by atoms with Crippen molar-refractivity contribution in [2.24, 2.45) is 11.8 Å². The number of aliphatic hydroxyl groups excluding tert-OH is 3. The number of hydrogen-bond donors (Lipinski definition) is 4. The molecular weight excluding hydrogens is 416 g/mol. The molecule has 4 N–H and O–H groups in total. The lowest BCUT2D eigenvalue weighted by molar-refractivity contribution is -0.137. The summed E-state index contributed by atoms with van der Waals surface area (Å²) in [5, 5.41) is 40.9. The van der Waals surface area contributed by atoms with Gasteiger partial charge < -0.3 is 20.4 Å². The molecule has 1 heterocycles. The van der Waals surface area contributed by atoms with Crippen LogP contribution in [0.1, 0.15) is 67.5 Å². The first kappa shape index (κ1) is 23.9. The quantitative estimate of drug-likeness (QED) is 0.288. The zero-order chi connectivity index (χ0) is 22.4.